The third-order valence-corrected chi connectivity index (χ3v) is 4.75. The van der Waals surface area contributed by atoms with Crippen molar-refractivity contribution in [3.8, 4) is 0 Å². The lowest BCUT2D eigenvalue weighted by molar-refractivity contribution is -0.121. The molecule has 2 rings (SSSR count). The van der Waals surface area contributed by atoms with Crippen LogP contribution in [0.4, 0.5) is 5.69 Å². The van der Waals surface area contributed by atoms with Crippen molar-refractivity contribution in [1.29, 1.82) is 0 Å². The summed E-state index contributed by atoms with van der Waals surface area (Å²) in [5.74, 6) is 1.06. The molecule has 0 unspecified atom stereocenters. The van der Waals surface area contributed by atoms with Gasteiger partial charge in [-0.2, -0.15) is 0 Å². The largest absolute Gasteiger partial charge is 0.326 e. The van der Waals surface area contributed by atoms with Gasteiger partial charge in [0.2, 0.25) is 5.91 Å². The number of anilines is 1. The van der Waals surface area contributed by atoms with Gasteiger partial charge in [0.05, 0.1) is 0 Å². The zero-order valence-corrected chi connectivity index (χ0v) is 13.5. The van der Waals surface area contributed by atoms with Crippen molar-refractivity contribution in [1.82, 2.24) is 0 Å². The summed E-state index contributed by atoms with van der Waals surface area (Å²) in [5, 5.41) is 3.05. The molecule has 1 amide bonds. The Hall–Kier alpha value is -1.35. The molecule has 21 heavy (non-hydrogen) atoms. The van der Waals surface area contributed by atoms with Crippen LogP contribution in [0.5, 0.6) is 0 Å². The van der Waals surface area contributed by atoms with Gasteiger partial charge in [0.25, 0.3) is 0 Å². The van der Waals surface area contributed by atoms with Gasteiger partial charge in [-0.05, 0) is 54.7 Å². The lowest BCUT2D eigenvalue weighted by Gasteiger charge is -2.36. The molecule has 1 aromatic carbocycles. The molecular formula is C18H28N2O. The molecule has 0 atom stereocenters. The Morgan fingerprint density at radius 3 is 2.48 bits per heavy atom. The molecule has 0 bridgehead atoms. The van der Waals surface area contributed by atoms with Crippen molar-refractivity contribution in [2.24, 2.45) is 23.0 Å². The van der Waals surface area contributed by atoms with Crippen LogP contribution < -0.4 is 11.1 Å². The van der Waals surface area contributed by atoms with Crippen molar-refractivity contribution in [2.45, 2.75) is 53.0 Å². The molecular weight excluding hydrogens is 260 g/mol. The first-order chi connectivity index (χ1) is 9.90. The fourth-order valence-electron chi connectivity index (χ4n) is 3.24. The van der Waals surface area contributed by atoms with E-state index in [-0.39, 0.29) is 11.8 Å². The fraction of sp³-hybridized carbons (Fsp3) is 0.611. The van der Waals surface area contributed by atoms with Crippen LogP contribution in [0.25, 0.3) is 0 Å². The third-order valence-electron chi connectivity index (χ3n) is 4.75. The molecule has 0 aliphatic heterocycles. The Balaban J connectivity index is 1.90. The summed E-state index contributed by atoms with van der Waals surface area (Å²) >= 11 is 0. The summed E-state index contributed by atoms with van der Waals surface area (Å²) in [6.45, 7) is 7.41. The van der Waals surface area contributed by atoms with E-state index in [1.54, 1.807) is 0 Å². The molecule has 1 saturated carbocycles. The number of hydrogen-bond donors (Lipinski definition) is 2. The van der Waals surface area contributed by atoms with E-state index in [9.17, 15) is 4.79 Å². The lowest BCUT2D eigenvalue weighted by Crippen LogP contribution is -2.31. The Kier molecular flexibility index (Phi) is 5.04. The van der Waals surface area contributed by atoms with E-state index in [4.69, 9.17) is 5.73 Å². The summed E-state index contributed by atoms with van der Waals surface area (Å²) in [4.78, 5) is 12.4. The van der Waals surface area contributed by atoms with E-state index in [0.29, 0.717) is 12.0 Å². The van der Waals surface area contributed by atoms with E-state index in [2.05, 4.69) is 26.1 Å². The minimum absolute atomic E-state index is 0.158. The monoisotopic (exact) mass is 288 g/mol. The van der Waals surface area contributed by atoms with Gasteiger partial charge >= 0.3 is 0 Å². The zero-order valence-electron chi connectivity index (χ0n) is 13.5. The van der Waals surface area contributed by atoms with Crippen molar-refractivity contribution < 1.29 is 4.79 Å². The molecule has 3 heteroatoms. The van der Waals surface area contributed by atoms with Gasteiger partial charge in [-0.3, -0.25) is 4.79 Å². The number of rotatable bonds is 3. The Labute approximate surface area is 128 Å². The smallest absolute Gasteiger partial charge is 0.227 e. The van der Waals surface area contributed by atoms with Crippen molar-refractivity contribution >= 4 is 11.6 Å². The second-order valence-electron chi connectivity index (χ2n) is 7.31. The second-order valence-corrected chi connectivity index (χ2v) is 7.31. The number of nitrogens with one attached hydrogen (secondary N) is 1. The van der Waals surface area contributed by atoms with Crippen LogP contribution in [0.2, 0.25) is 0 Å². The molecule has 3 N–H and O–H groups in total. The first kappa shape index (κ1) is 16.0. The predicted molar refractivity (Wildman–Crippen MR) is 87.9 cm³/mol. The third kappa shape index (κ3) is 4.31. The van der Waals surface area contributed by atoms with Gasteiger partial charge in [0.15, 0.2) is 0 Å². The summed E-state index contributed by atoms with van der Waals surface area (Å²) in [7, 11) is 0. The molecule has 1 aliphatic carbocycles. The summed E-state index contributed by atoms with van der Waals surface area (Å²) in [6, 6.07) is 7.80. The van der Waals surface area contributed by atoms with Crippen LogP contribution in [0.1, 0.15) is 52.0 Å². The minimum Gasteiger partial charge on any atom is -0.326 e. The van der Waals surface area contributed by atoms with Crippen LogP contribution >= 0.6 is 0 Å². The number of carbonyl (C=O) groups is 1. The number of amides is 1. The van der Waals surface area contributed by atoms with Crippen LogP contribution in [-0.2, 0) is 11.3 Å². The highest BCUT2D eigenvalue weighted by Crippen LogP contribution is 2.40. The van der Waals surface area contributed by atoms with Gasteiger partial charge in [-0.25, -0.2) is 0 Å². The van der Waals surface area contributed by atoms with Gasteiger partial charge in [-0.15, -0.1) is 0 Å². The average Bonchev–Trinajstić information content (AvgIpc) is 2.46. The fourth-order valence-corrected chi connectivity index (χ4v) is 3.24. The Bertz CT molecular complexity index is 482. The normalized spacial score (nSPS) is 22.9. The summed E-state index contributed by atoms with van der Waals surface area (Å²) in [6.07, 6.45) is 4.32. The van der Waals surface area contributed by atoms with Crippen LogP contribution in [-0.4, -0.2) is 5.91 Å². The highest BCUT2D eigenvalue weighted by molar-refractivity contribution is 5.92. The zero-order chi connectivity index (χ0) is 15.5. The number of carbonyl (C=O) groups excluding carboxylic acids is 1. The Morgan fingerprint density at radius 2 is 1.90 bits per heavy atom. The maximum Gasteiger partial charge on any atom is 0.227 e. The maximum absolute atomic E-state index is 12.4. The SMILES string of the molecule is CC(C)(C)C1CCC(C(=O)Nc2cccc(CN)c2)CC1. The molecule has 1 aliphatic rings. The molecule has 0 aromatic heterocycles. The van der Waals surface area contributed by atoms with Crippen LogP contribution in [0.3, 0.4) is 0 Å². The second kappa shape index (κ2) is 6.61. The maximum atomic E-state index is 12.4. The minimum atomic E-state index is 0.158. The molecule has 0 radical (unpaired) electrons. The van der Waals surface area contributed by atoms with Gasteiger partial charge < -0.3 is 11.1 Å². The Morgan fingerprint density at radius 1 is 1.24 bits per heavy atom. The first-order valence-corrected chi connectivity index (χ1v) is 8.00. The summed E-state index contributed by atoms with van der Waals surface area (Å²) in [5.41, 5.74) is 7.90. The van der Waals surface area contributed by atoms with E-state index < -0.39 is 0 Å². The van der Waals surface area contributed by atoms with Crippen molar-refractivity contribution in [3.63, 3.8) is 0 Å². The number of nitrogens with two attached hydrogens (primary N) is 1. The molecule has 116 valence electrons. The molecule has 0 saturated heterocycles. The number of hydrogen-bond acceptors (Lipinski definition) is 2. The van der Waals surface area contributed by atoms with Crippen molar-refractivity contribution in [2.75, 3.05) is 5.32 Å². The molecule has 0 heterocycles. The molecule has 0 spiro atoms. The highest BCUT2D eigenvalue weighted by Gasteiger charge is 2.32. The van der Waals surface area contributed by atoms with Crippen LogP contribution in [0.15, 0.2) is 24.3 Å². The van der Waals surface area contributed by atoms with Gasteiger partial charge in [0.1, 0.15) is 0 Å². The predicted octanol–water partition coefficient (Wildman–Crippen LogP) is 3.94. The van der Waals surface area contributed by atoms with Crippen LogP contribution in [0, 0.1) is 17.3 Å². The van der Waals surface area contributed by atoms with E-state index in [0.717, 1.165) is 42.9 Å². The van der Waals surface area contributed by atoms with Gasteiger partial charge in [-0.1, -0.05) is 32.9 Å². The standard InChI is InChI=1S/C18H28N2O/c1-18(2,3)15-9-7-14(8-10-15)17(21)20-16-6-4-5-13(11-16)12-19/h4-6,11,14-15H,7-10,12,19H2,1-3H3,(H,20,21). The number of benzene rings is 1. The average molecular weight is 288 g/mol. The molecule has 1 fully saturated rings. The van der Waals surface area contributed by atoms with E-state index >= 15 is 0 Å². The van der Waals surface area contributed by atoms with Gasteiger partial charge in [0, 0.05) is 18.2 Å². The highest BCUT2D eigenvalue weighted by atomic mass is 16.1. The first-order valence-electron chi connectivity index (χ1n) is 8.00. The summed E-state index contributed by atoms with van der Waals surface area (Å²) < 4.78 is 0. The quantitative estimate of drug-likeness (QED) is 0.885. The molecule has 3 nitrogen and oxygen atoms in total. The topological polar surface area (TPSA) is 55.1 Å². The lowest BCUT2D eigenvalue weighted by atomic mass is 9.69. The molecule has 1 aromatic rings. The van der Waals surface area contributed by atoms with E-state index in [1.165, 1.54) is 0 Å². The van der Waals surface area contributed by atoms with E-state index in [1.807, 2.05) is 24.3 Å². The van der Waals surface area contributed by atoms with Crippen molar-refractivity contribution in [3.05, 3.63) is 29.8 Å².